The first-order chi connectivity index (χ1) is 48.0. The molecule has 0 saturated carbocycles. The fraction of sp³-hybridized carbons (Fsp3) is 0.836. The quantitative estimate of drug-likeness (QED) is 0.0179. The summed E-state index contributed by atoms with van der Waals surface area (Å²) in [6.07, 6.45) is 9.86. The van der Waals surface area contributed by atoms with Crippen molar-refractivity contribution in [2.24, 2.45) is 52.8 Å². The van der Waals surface area contributed by atoms with Gasteiger partial charge in [-0.05, 0) is 103 Å². The number of hydrogen-bond acceptors (Lipinski definition) is 24. The van der Waals surface area contributed by atoms with Crippen LogP contribution >= 0.6 is 90.4 Å². The Labute approximate surface area is 655 Å². The summed E-state index contributed by atoms with van der Waals surface area (Å²) in [7, 11) is 0. The zero-order chi connectivity index (χ0) is 76.3. The summed E-state index contributed by atoms with van der Waals surface area (Å²) in [4.78, 5) is 166. The zero-order valence-corrected chi connectivity index (χ0v) is 70.8. The van der Waals surface area contributed by atoms with Gasteiger partial charge >= 0.3 is 71.6 Å². The fourth-order valence-corrected chi connectivity index (χ4v) is 12.9. The number of rotatable bonds is 60. The molecule has 12 unspecified atom stereocenters. The summed E-state index contributed by atoms with van der Waals surface area (Å²) in [6.45, 7) is 19.4. The molecule has 0 amide bonds. The van der Waals surface area contributed by atoms with Crippen molar-refractivity contribution in [3.05, 3.63) is 0 Å². The Morgan fingerprint density at radius 2 is 0.376 bits per heavy atom. The number of carbonyl (C=O) groups excluding carboxylic acids is 12. The number of ether oxygens (including phenoxy) is 12. The van der Waals surface area contributed by atoms with Gasteiger partial charge < -0.3 is 56.8 Å². The first-order valence-corrected chi connectivity index (χ1v) is 41.6. The molecule has 0 heterocycles. The minimum absolute atomic E-state index is 0.0506. The Balaban J connectivity index is 8.19. The molecule has 0 bridgehead atoms. The van der Waals surface area contributed by atoms with Gasteiger partial charge in [0.05, 0.1) is 100 Å². The lowest BCUT2D eigenvalue weighted by atomic mass is 9.89. The molecule has 12 atom stereocenters. The van der Waals surface area contributed by atoms with Crippen molar-refractivity contribution in [3.63, 3.8) is 0 Å². The summed E-state index contributed by atoms with van der Waals surface area (Å²) in [5.41, 5.74) is -1.99. The van der Waals surface area contributed by atoms with Crippen LogP contribution in [-0.2, 0) is 114 Å². The Morgan fingerprint density at radius 3 is 0.525 bits per heavy atom. The van der Waals surface area contributed by atoms with E-state index in [-0.39, 0.29) is 104 Å². The molecule has 0 rings (SSSR count). The van der Waals surface area contributed by atoms with Crippen molar-refractivity contribution < 1.29 is 114 Å². The van der Waals surface area contributed by atoms with Gasteiger partial charge in [-0.1, -0.05) is 225 Å². The second-order valence-electron chi connectivity index (χ2n) is 26.2. The first-order valence-electron chi connectivity index (χ1n) is 36.6. The molecular formula is C73H120I4O24. The van der Waals surface area contributed by atoms with Crippen LogP contribution in [0.2, 0.25) is 0 Å². The molecule has 0 N–H and O–H groups in total. The van der Waals surface area contributed by atoms with Crippen molar-refractivity contribution in [1.82, 2.24) is 0 Å². The topological polar surface area (TPSA) is 316 Å². The number of alkyl halides is 4. The van der Waals surface area contributed by atoms with Crippen molar-refractivity contribution in [2.45, 2.75) is 253 Å². The van der Waals surface area contributed by atoms with E-state index in [9.17, 15) is 57.5 Å². The van der Waals surface area contributed by atoms with Gasteiger partial charge in [-0.25, -0.2) is 0 Å². The van der Waals surface area contributed by atoms with Crippen LogP contribution in [-0.4, -0.2) is 167 Å². The van der Waals surface area contributed by atoms with Gasteiger partial charge in [0.15, 0.2) is 0 Å². The van der Waals surface area contributed by atoms with Gasteiger partial charge in [0.2, 0.25) is 0 Å². The van der Waals surface area contributed by atoms with Crippen LogP contribution in [0, 0.1) is 52.8 Å². The highest BCUT2D eigenvalue weighted by Crippen LogP contribution is 2.32. The summed E-state index contributed by atoms with van der Waals surface area (Å²) in [6, 6.07) is 0. The summed E-state index contributed by atoms with van der Waals surface area (Å²) >= 11 is 7.59. The van der Waals surface area contributed by atoms with Crippen LogP contribution in [0.25, 0.3) is 0 Å². The van der Waals surface area contributed by atoms with Crippen molar-refractivity contribution in [2.75, 3.05) is 79.3 Å². The molecule has 0 saturated heterocycles. The number of carbonyl (C=O) groups is 12. The van der Waals surface area contributed by atoms with Crippen molar-refractivity contribution in [3.8, 4) is 0 Å². The average molecular weight is 1890 g/mol. The molecule has 0 fully saturated rings. The largest absolute Gasteiger partial charge is 0.465 e. The van der Waals surface area contributed by atoms with Gasteiger partial charge in [-0.2, -0.15) is 0 Å². The van der Waals surface area contributed by atoms with E-state index in [0.717, 1.165) is 51.4 Å². The van der Waals surface area contributed by atoms with E-state index in [1.165, 1.54) is 27.7 Å². The molecule has 24 nitrogen and oxygen atoms in total. The van der Waals surface area contributed by atoms with E-state index >= 15 is 0 Å². The smallest absolute Gasteiger partial charge is 0.318 e. The molecule has 0 spiro atoms. The monoisotopic (exact) mass is 1890 g/mol. The second kappa shape index (κ2) is 58.7. The van der Waals surface area contributed by atoms with E-state index < -0.39 is 167 Å². The molecule has 0 aromatic heterocycles. The molecule has 0 aromatic carbocycles. The van der Waals surface area contributed by atoms with Crippen LogP contribution in [0.3, 0.4) is 0 Å². The van der Waals surface area contributed by atoms with Crippen LogP contribution in [0.5, 0.6) is 0 Å². The molecular weight excluding hydrogens is 1770 g/mol. The molecule has 584 valence electrons. The van der Waals surface area contributed by atoms with Gasteiger partial charge in [0.1, 0.15) is 47.5 Å². The number of hydrogen-bond donors (Lipinski definition) is 0. The molecule has 0 aliphatic rings. The summed E-state index contributed by atoms with van der Waals surface area (Å²) in [5.74, 6) is -16.8. The molecule has 101 heavy (non-hydrogen) atoms. The Bertz CT molecular complexity index is 2110. The molecule has 0 aromatic rings. The second-order valence-corrected chi connectivity index (χ2v) is 32.3. The standard InChI is InChI=1S/C73H120I4O24/c1-13-21-29-90-65(82)53(41-57(74)69(86)94-33-25-17-5)37-49(9)61(78)98-45-73(46-99-62(79)50(10)38-54(66(83)91-30-22-14-2)42-58(75)70(87)95-34-26-18-6,47-100-63(80)51(11)39-55(67(84)92-31-23-15-3)43-59(76)71(88)96-35-27-19-7)48-101-64(81)52(12)40-56(68(85)93-32-24-16-4)44-60(77)72(89)97-36-28-20-8/h49-60H,13-48H2,1-12H3. The highest BCUT2D eigenvalue weighted by atomic mass is 127. The lowest BCUT2D eigenvalue weighted by Crippen LogP contribution is -2.45. The van der Waals surface area contributed by atoms with E-state index in [2.05, 4.69) is 0 Å². The molecule has 0 radical (unpaired) electrons. The lowest BCUT2D eigenvalue weighted by Gasteiger charge is -2.33. The van der Waals surface area contributed by atoms with Crippen LogP contribution < -0.4 is 0 Å². The number of halogens is 4. The van der Waals surface area contributed by atoms with Crippen molar-refractivity contribution >= 4 is 162 Å². The predicted octanol–water partition coefficient (Wildman–Crippen LogP) is 14.2. The number of esters is 12. The van der Waals surface area contributed by atoms with Crippen LogP contribution in [0.4, 0.5) is 0 Å². The Hall–Kier alpha value is -3.44. The Kier molecular flexibility index (Phi) is 56.7. The molecule has 0 aliphatic heterocycles. The van der Waals surface area contributed by atoms with Gasteiger partial charge in [0, 0.05) is 0 Å². The maximum atomic E-state index is 14.6. The molecule has 28 heteroatoms. The predicted molar refractivity (Wildman–Crippen MR) is 412 cm³/mol. The van der Waals surface area contributed by atoms with Crippen molar-refractivity contribution in [1.29, 1.82) is 0 Å². The van der Waals surface area contributed by atoms with E-state index in [1.807, 2.05) is 146 Å². The summed E-state index contributed by atoms with van der Waals surface area (Å²) in [5, 5.41) is 0. The highest BCUT2D eigenvalue weighted by molar-refractivity contribution is 14.1. The maximum Gasteiger partial charge on any atom is 0.318 e. The normalized spacial score (nSPS) is 15.4. The lowest BCUT2D eigenvalue weighted by molar-refractivity contribution is -0.176. The van der Waals surface area contributed by atoms with E-state index in [4.69, 9.17) is 56.8 Å². The average Bonchev–Trinajstić information content (AvgIpc) is 0.841. The van der Waals surface area contributed by atoms with Gasteiger partial charge in [-0.15, -0.1) is 0 Å². The van der Waals surface area contributed by atoms with Crippen LogP contribution in [0.1, 0.15) is 237 Å². The Morgan fingerprint density at radius 1 is 0.228 bits per heavy atom. The maximum absolute atomic E-state index is 14.6. The number of unbranched alkanes of at least 4 members (excludes halogenated alkanes) is 8. The van der Waals surface area contributed by atoms with Crippen LogP contribution in [0.15, 0.2) is 0 Å². The van der Waals surface area contributed by atoms with Gasteiger partial charge in [-0.3, -0.25) is 57.5 Å². The third-order valence-electron chi connectivity index (χ3n) is 16.5. The first kappa shape index (κ1) is 97.6. The zero-order valence-electron chi connectivity index (χ0n) is 62.2. The SMILES string of the molecule is CCCCOC(=O)C(I)CC(CC(C)C(=O)OCC(COC(=O)C(C)CC(CC(I)C(=O)OCCCC)C(=O)OCCCC)(COC(=O)C(C)CC(CC(I)C(=O)OCCCC)C(=O)OCCCC)COC(=O)C(C)CC(CC(I)C(=O)OCCCC)C(=O)OCCCC)C(=O)OCCCC. The molecule has 0 aliphatic carbocycles. The van der Waals surface area contributed by atoms with Gasteiger partial charge in [0.25, 0.3) is 0 Å². The van der Waals surface area contributed by atoms with E-state index in [1.54, 1.807) is 0 Å². The summed E-state index contributed by atoms with van der Waals surface area (Å²) < 4.78 is 65.5. The highest BCUT2D eigenvalue weighted by Gasteiger charge is 2.43. The minimum Gasteiger partial charge on any atom is -0.465 e. The van der Waals surface area contributed by atoms with E-state index in [0.29, 0.717) is 51.4 Å². The fourth-order valence-electron chi connectivity index (χ4n) is 9.72. The third-order valence-corrected chi connectivity index (χ3v) is 20.6. The minimum atomic E-state index is -1.99. The third kappa shape index (κ3) is 43.7.